The molecular weight excluding hydrogens is 272 g/mol. The largest absolute Gasteiger partial charge is 0.497 e. The summed E-state index contributed by atoms with van der Waals surface area (Å²) in [7, 11) is 1.64. The maximum absolute atomic E-state index is 5.95. The van der Waals surface area contributed by atoms with Crippen molar-refractivity contribution in [2.45, 2.75) is 6.92 Å². The minimum absolute atomic E-state index is 0.318. The van der Waals surface area contributed by atoms with Crippen LogP contribution in [0.5, 0.6) is 5.75 Å². The van der Waals surface area contributed by atoms with Gasteiger partial charge in [0, 0.05) is 10.9 Å². The van der Waals surface area contributed by atoms with Crippen molar-refractivity contribution in [3.05, 3.63) is 40.6 Å². The summed E-state index contributed by atoms with van der Waals surface area (Å²) in [5, 5.41) is 8.25. The molecule has 102 valence electrons. The van der Waals surface area contributed by atoms with Crippen molar-refractivity contribution < 1.29 is 9.26 Å². The molecule has 20 heavy (non-hydrogen) atoms. The number of hydrogen-bond acceptors (Lipinski definition) is 5. The Hall–Kier alpha value is -2.27. The molecule has 4 nitrogen and oxygen atoms in total. The lowest BCUT2D eigenvalue weighted by atomic mass is 10.0. The molecule has 2 aromatic heterocycles. The lowest BCUT2D eigenvalue weighted by Crippen LogP contribution is -1.89. The molecule has 0 amide bonds. The molecule has 0 unspecified atom stereocenters. The van der Waals surface area contributed by atoms with Crippen molar-refractivity contribution in [1.29, 1.82) is 0 Å². The number of aromatic nitrogens is 1. The number of thiophene rings is 1. The first-order chi connectivity index (χ1) is 9.70. The van der Waals surface area contributed by atoms with E-state index in [2.05, 4.69) is 15.9 Å². The second-order valence-corrected chi connectivity index (χ2v) is 5.21. The van der Waals surface area contributed by atoms with Gasteiger partial charge in [0.2, 0.25) is 5.88 Å². The first-order valence-corrected chi connectivity index (χ1v) is 7.07. The van der Waals surface area contributed by atoms with E-state index in [0.29, 0.717) is 5.88 Å². The minimum atomic E-state index is 0.318. The van der Waals surface area contributed by atoms with E-state index in [1.807, 2.05) is 31.2 Å². The first-order valence-electron chi connectivity index (χ1n) is 6.13. The van der Waals surface area contributed by atoms with Gasteiger partial charge in [0.1, 0.15) is 11.4 Å². The third kappa shape index (κ3) is 2.06. The van der Waals surface area contributed by atoms with Gasteiger partial charge in [-0.2, -0.15) is 11.3 Å². The average Bonchev–Trinajstić information content (AvgIpc) is 3.04. The first kappa shape index (κ1) is 12.7. The monoisotopic (exact) mass is 286 g/mol. The number of aryl methyl sites for hydroxylation is 1. The smallest absolute Gasteiger partial charge is 0.230 e. The summed E-state index contributed by atoms with van der Waals surface area (Å²) < 4.78 is 10.5. The number of ether oxygens (including phenoxy) is 1. The van der Waals surface area contributed by atoms with E-state index in [1.54, 1.807) is 18.4 Å². The van der Waals surface area contributed by atoms with Gasteiger partial charge in [-0.1, -0.05) is 17.3 Å². The van der Waals surface area contributed by atoms with Crippen LogP contribution < -0.4 is 10.5 Å². The number of nitrogen functional groups attached to an aromatic ring is 1. The van der Waals surface area contributed by atoms with Crippen molar-refractivity contribution in [3.8, 4) is 28.1 Å². The van der Waals surface area contributed by atoms with Gasteiger partial charge in [-0.3, -0.25) is 0 Å². The Bertz CT molecular complexity index is 746. The molecule has 0 radical (unpaired) electrons. The molecule has 0 saturated carbocycles. The molecule has 1 aromatic carbocycles. The van der Waals surface area contributed by atoms with Gasteiger partial charge < -0.3 is 15.0 Å². The molecule has 0 saturated heterocycles. The predicted molar refractivity (Wildman–Crippen MR) is 81.0 cm³/mol. The maximum Gasteiger partial charge on any atom is 0.230 e. The predicted octanol–water partition coefficient (Wildman–Crippen LogP) is 3.97. The van der Waals surface area contributed by atoms with Gasteiger partial charge in [0.05, 0.1) is 12.7 Å². The van der Waals surface area contributed by atoms with E-state index in [0.717, 1.165) is 33.7 Å². The summed E-state index contributed by atoms with van der Waals surface area (Å²) in [5.41, 5.74) is 10.7. The molecule has 5 heteroatoms. The summed E-state index contributed by atoms with van der Waals surface area (Å²) in [5.74, 6) is 1.09. The highest BCUT2D eigenvalue weighted by atomic mass is 32.1. The van der Waals surface area contributed by atoms with Crippen molar-refractivity contribution in [2.24, 2.45) is 0 Å². The number of nitrogens with two attached hydrogens (primary N) is 1. The second-order valence-electron chi connectivity index (χ2n) is 4.47. The van der Waals surface area contributed by atoms with Gasteiger partial charge in [-0.25, -0.2) is 0 Å². The van der Waals surface area contributed by atoms with E-state index in [4.69, 9.17) is 15.0 Å². The van der Waals surface area contributed by atoms with Crippen molar-refractivity contribution in [1.82, 2.24) is 5.16 Å². The third-order valence-corrected chi connectivity index (χ3v) is 4.05. The highest BCUT2D eigenvalue weighted by Crippen LogP contribution is 2.39. The third-order valence-electron chi connectivity index (χ3n) is 3.19. The zero-order chi connectivity index (χ0) is 14.1. The van der Waals surface area contributed by atoms with Crippen LogP contribution in [0.2, 0.25) is 0 Å². The Morgan fingerprint density at radius 2 is 2.15 bits per heavy atom. The van der Waals surface area contributed by atoms with Crippen LogP contribution in [0.25, 0.3) is 22.4 Å². The van der Waals surface area contributed by atoms with Gasteiger partial charge in [-0.05, 0) is 35.6 Å². The minimum Gasteiger partial charge on any atom is -0.497 e. The van der Waals surface area contributed by atoms with Crippen molar-refractivity contribution >= 4 is 17.2 Å². The lowest BCUT2D eigenvalue weighted by Gasteiger charge is -2.05. The number of hydrogen-bond donors (Lipinski definition) is 1. The number of methoxy groups -OCH3 is 1. The van der Waals surface area contributed by atoms with Gasteiger partial charge >= 0.3 is 0 Å². The summed E-state index contributed by atoms with van der Waals surface area (Å²) in [6.07, 6.45) is 0. The van der Waals surface area contributed by atoms with E-state index >= 15 is 0 Å². The molecule has 0 atom stereocenters. The molecule has 0 fully saturated rings. The molecule has 2 heterocycles. The van der Waals surface area contributed by atoms with Crippen LogP contribution >= 0.6 is 11.3 Å². The fourth-order valence-electron chi connectivity index (χ4n) is 2.15. The van der Waals surface area contributed by atoms with Crippen molar-refractivity contribution in [2.75, 3.05) is 12.8 Å². The van der Waals surface area contributed by atoms with Crippen LogP contribution in [-0.2, 0) is 0 Å². The number of rotatable bonds is 3. The van der Waals surface area contributed by atoms with Crippen LogP contribution in [0.15, 0.2) is 39.5 Å². The maximum atomic E-state index is 5.95. The number of anilines is 1. The summed E-state index contributed by atoms with van der Waals surface area (Å²) in [6, 6.07) is 7.71. The lowest BCUT2D eigenvalue weighted by molar-refractivity contribution is 0.415. The zero-order valence-corrected chi connectivity index (χ0v) is 12.0. The van der Waals surface area contributed by atoms with Gasteiger partial charge in [-0.15, -0.1) is 0 Å². The Morgan fingerprint density at radius 3 is 2.85 bits per heavy atom. The molecule has 0 aliphatic carbocycles. The van der Waals surface area contributed by atoms with Crippen LogP contribution in [-0.4, -0.2) is 12.3 Å². The van der Waals surface area contributed by atoms with E-state index in [9.17, 15) is 0 Å². The zero-order valence-electron chi connectivity index (χ0n) is 11.2. The topological polar surface area (TPSA) is 61.3 Å². The normalized spacial score (nSPS) is 10.7. The fraction of sp³-hybridized carbons (Fsp3) is 0.133. The second kappa shape index (κ2) is 5.02. The molecule has 0 bridgehead atoms. The van der Waals surface area contributed by atoms with Crippen molar-refractivity contribution in [3.63, 3.8) is 0 Å². The average molecular weight is 286 g/mol. The Morgan fingerprint density at radius 1 is 1.30 bits per heavy atom. The standard InChI is InChI=1S/C15H14N2O2S/c1-9-7-20-8-12(9)14-13(15(16)19-17-14)10-4-3-5-11(6-10)18-2/h3-8H,16H2,1-2H3. The van der Waals surface area contributed by atoms with Crippen LogP contribution in [0, 0.1) is 6.92 Å². The van der Waals surface area contributed by atoms with Crippen LogP contribution in [0.1, 0.15) is 5.56 Å². The number of nitrogens with zero attached hydrogens (tertiary/aromatic N) is 1. The fourth-order valence-corrected chi connectivity index (χ4v) is 2.98. The molecular formula is C15H14N2O2S. The molecule has 3 aromatic rings. The highest BCUT2D eigenvalue weighted by Gasteiger charge is 2.19. The Labute approximate surface area is 120 Å². The summed E-state index contributed by atoms with van der Waals surface area (Å²) in [6.45, 7) is 2.05. The summed E-state index contributed by atoms with van der Waals surface area (Å²) in [4.78, 5) is 0. The SMILES string of the molecule is COc1cccc(-c2c(-c3cscc3C)noc2N)c1. The van der Waals surface area contributed by atoms with E-state index in [-0.39, 0.29) is 0 Å². The Balaban J connectivity index is 2.19. The summed E-state index contributed by atoms with van der Waals surface area (Å²) >= 11 is 1.63. The quantitative estimate of drug-likeness (QED) is 0.791. The number of benzene rings is 1. The highest BCUT2D eigenvalue weighted by molar-refractivity contribution is 7.08. The van der Waals surface area contributed by atoms with Gasteiger partial charge in [0.15, 0.2) is 0 Å². The molecule has 0 aliphatic heterocycles. The van der Waals surface area contributed by atoms with E-state index < -0.39 is 0 Å². The molecule has 2 N–H and O–H groups in total. The Kier molecular flexibility index (Phi) is 3.20. The van der Waals surface area contributed by atoms with E-state index in [1.165, 1.54) is 0 Å². The molecule has 3 rings (SSSR count). The molecule has 0 spiro atoms. The molecule has 0 aliphatic rings. The van der Waals surface area contributed by atoms with Crippen LogP contribution in [0.3, 0.4) is 0 Å². The van der Waals surface area contributed by atoms with Gasteiger partial charge in [0.25, 0.3) is 0 Å². The van der Waals surface area contributed by atoms with Crippen LogP contribution in [0.4, 0.5) is 5.88 Å².